The van der Waals surface area contributed by atoms with Gasteiger partial charge in [0.05, 0.1) is 12.5 Å². The lowest BCUT2D eigenvalue weighted by atomic mass is 9.98. The van der Waals surface area contributed by atoms with E-state index < -0.39 is 48.4 Å². The number of hydrogen-bond acceptors (Lipinski definition) is 8. The number of aliphatic hydroxyl groups is 1. The molecule has 0 spiro atoms. The van der Waals surface area contributed by atoms with Crippen molar-refractivity contribution in [2.45, 2.75) is 44.0 Å². The number of ether oxygens (including phenoxy) is 2. The van der Waals surface area contributed by atoms with Crippen LogP contribution in [0, 0.1) is 5.92 Å². The lowest BCUT2D eigenvalue weighted by molar-refractivity contribution is -0.167. The minimum absolute atomic E-state index is 0. The van der Waals surface area contributed by atoms with E-state index in [0.29, 0.717) is 0 Å². The van der Waals surface area contributed by atoms with E-state index in [4.69, 9.17) is 32.5 Å². The summed E-state index contributed by atoms with van der Waals surface area (Å²) in [6.45, 7) is 2.67. The second kappa shape index (κ2) is 9.16. The Labute approximate surface area is 166 Å². The number of aromatic nitrogens is 2. The fourth-order valence-corrected chi connectivity index (χ4v) is 2.87. The second-order valence-electron chi connectivity index (χ2n) is 6.48. The Bertz CT molecular complexity index is 716. The van der Waals surface area contributed by atoms with E-state index in [1.807, 2.05) is 0 Å². The molecule has 2 heterocycles. The number of alkyl halides is 2. The minimum atomic E-state index is -1.99. The van der Waals surface area contributed by atoms with Gasteiger partial charge in [0.1, 0.15) is 17.5 Å². The highest BCUT2D eigenvalue weighted by Crippen LogP contribution is 2.41. The summed E-state index contributed by atoms with van der Waals surface area (Å²) in [6, 6.07) is 0.293. The molecule has 1 aromatic rings. The summed E-state index contributed by atoms with van der Waals surface area (Å²) in [5, 5.41) is 9.72. The molecule has 5 atom stereocenters. The number of hydrogen-bond donors (Lipinski definition) is 3. The van der Waals surface area contributed by atoms with Gasteiger partial charge in [-0.3, -0.25) is 9.36 Å². The van der Waals surface area contributed by atoms with Crippen LogP contribution in [0.15, 0.2) is 17.1 Å². The molecule has 0 radical (unpaired) electrons. The summed E-state index contributed by atoms with van der Waals surface area (Å²) in [7, 11) is 0. The molecule has 1 aromatic heterocycles. The van der Waals surface area contributed by atoms with Crippen LogP contribution in [0.2, 0.25) is 0 Å². The molecule has 1 aliphatic heterocycles. The van der Waals surface area contributed by atoms with Gasteiger partial charge in [-0.1, -0.05) is 13.8 Å². The molecule has 0 aromatic carbocycles. The molecular weight excluding hydrogens is 406 g/mol. The fraction of sp³-hybridized carbons (Fsp3) is 0.667. The van der Waals surface area contributed by atoms with Gasteiger partial charge < -0.3 is 26.0 Å². The van der Waals surface area contributed by atoms with Crippen LogP contribution in [-0.4, -0.2) is 57.0 Å². The molecule has 1 saturated heterocycles. The molecule has 0 saturated carbocycles. The monoisotopic (exact) mass is 428 g/mol. The molecule has 1 aliphatic rings. The van der Waals surface area contributed by atoms with Crippen molar-refractivity contribution in [3.8, 4) is 0 Å². The summed E-state index contributed by atoms with van der Waals surface area (Å²) in [5.74, 6) is -1.53. The van der Waals surface area contributed by atoms with Crippen molar-refractivity contribution >= 4 is 35.8 Å². The molecule has 12 heteroatoms. The number of nitrogens with two attached hydrogens (primary N) is 2. The van der Waals surface area contributed by atoms with Crippen molar-refractivity contribution in [1.82, 2.24) is 9.55 Å². The molecular formula is C15H23Cl2FN4O5. The zero-order valence-corrected chi connectivity index (χ0v) is 16.3. The highest BCUT2D eigenvalue weighted by Gasteiger charge is 2.58. The molecule has 9 nitrogen and oxygen atoms in total. The largest absolute Gasteiger partial charge is 0.455 e. The van der Waals surface area contributed by atoms with E-state index in [-0.39, 0.29) is 30.0 Å². The third-order valence-corrected chi connectivity index (χ3v) is 4.74. The van der Waals surface area contributed by atoms with Crippen molar-refractivity contribution in [2.75, 3.05) is 18.2 Å². The van der Waals surface area contributed by atoms with E-state index in [1.54, 1.807) is 13.8 Å². The number of carbonyl (C=O) groups is 1. The number of aliphatic hydroxyl groups excluding tert-OH is 1. The van der Waals surface area contributed by atoms with Gasteiger partial charge in [-0.25, -0.2) is 9.18 Å². The van der Waals surface area contributed by atoms with Crippen molar-refractivity contribution in [3.63, 3.8) is 0 Å². The van der Waals surface area contributed by atoms with Crippen molar-refractivity contribution in [2.24, 2.45) is 11.7 Å². The Morgan fingerprint density at radius 2 is 2.22 bits per heavy atom. The van der Waals surface area contributed by atoms with E-state index in [9.17, 15) is 14.7 Å². The molecule has 0 amide bonds. The SMILES string of the molecule is CC(C)[C@H](N)C(=O)O[C@H]1[C@@H](F)[C@H](n2ccc(N)nc2=O)O[C@@]1(CO)CCl.Cl. The van der Waals surface area contributed by atoms with Gasteiger partial charge in [0.25, 0.3) is 0 Å². The normalized spacial score (nSPS) is 28.6. The summed E-state index contributed by atoms with van der Waals surface area (Å²) < 4.78 is 26.7. The van der Waals surface area contributed by atoms with Crippen LogP contribution in [0.1, 0.15) is 20.1 Å². The average molecular weight is 429 g/mol. The van der Waals surface area contributed by atoms with Crippen LogP contribution in [0.3, 0.4) is 0 Å². The van der Waals surface area contributed by atoms with Gasteiger partial charge in [0.15, 0.2) is 18.5 Å². The Hall–Kier alpha value is -1.46. The first-order valence-corrected chi connectivity index (χ1v) is 8.49. The third-order valence-electron chi connectivity index (χ3n) is 4.29. The lowest BCUT2D eigenvalue weighted by Crippen LogP contribution is -2.52. The van der Waals surface area contributed by atoms with Gasteiger partial charge in [-0.05, 0) is 12.0 Å². The molecule has 0 unspecified atom stereocenters. The molecule has 1 fully saturated rings. The van der Waals surface area contributed by atoms with Crippen molar-refractivity contribution in [1.29, 1.82) is 0 Å². The maximum Gasteiger partial charge on any atom is 0.351 e. The number of nitrogen functional groups attached to an aromatic ring is 1. The standard InChI is InChI=1S/C15H22ClFN4O5.ClH/c1-7(2)10(19)13(23)25-11-9(17)12(26-15(11,5-16)6-22)21-4-3-8(18)20-14(21)24;/h3-4,7,9-12,22H,5-6,19H2,1-2H3,(H2,18,20,24);1H/t9-,10+,11+,12-,15-;/m1./s1. The molecule has 5 N–H and O–H groups in total. The Morgan fingerprint density at radius 1 is 1.59 bits per heavy atom. The third kappa shape index (κ3) is 4.52. The molecule has 0 aliphatic carbocycles. The first kappa shape index (κ1) is 23.6. The van der Waals surface area contributed by atoms with Crippen LogP contribution in [0.25, 0.3) is 0 Å². The van der Waals surface area contributed by atoms with Gasteiger partial charge in [-0.15, -0.1) is 24.0 Å². The number of rotatable bonds is 6. The van der Waals surface area contributed by atoms with Crippen LogP contribution < -0.4 is 17.2 Å². The average Bonchev–Trinajstić information content (AvgIpc) is 2.87. The zero-order valence-electron chi connectivity index (χ0n) is 14.7. The Balaban J connectivity index is 0.00000364. The second-order valence-corrected chi connectivity index (χ2v) is 6.75. The van der Waals surface area contributed by atoms with Gasteiger partial charge in [0, 0.05) is 6.20 Å². The van der Waals surface area contributed by atoms with Crippen molar-refractivity contribution in [3.05, 3.63) is 22.7 Å². The number of halogens is 3. The van der Waals surface area contributed by atoms with Crippen molar-refractivity contribution < 1.29 is 23.8 Å². The Kier molecular flexibility index (Phi) is 8.00. The number of esters is 1. The smallest absolute Gasteiger partial charge is 0.351 e. The predicted octanol–water partition coefficient (Wildman–Crippen LogP) is -0.0208. The topological polar surface area (TPSA) is 143 Å². The summed E-state index contributed by atoms with van der Waals surface area (Å²) in [5.41, 5.74) is 8.55. The maximum absolute atomic E-state index is 15.1. The summed E-state index contributed by atoms with van der Waals surface area (Å²) in [4.78, 5) is 27.7. The summed E-state index contributed by atoms with van der Waals surface area (Å²) >= 11 is 5.87. The van der Waals surface area contributed by atoms with Gasteiger partial charge in [-0.2, -0.15) is 4.98 Å². The number of carbonyl (C=O) groups excluding carboxylic acids is 1. The predicted molar refractivity (Wildman–Crippen MR) is 98.4 cm³/mol. The Morgan fingerprint density at radius 3 is 2.70 bits per heavy atom. The van der Waals surface area contributed by atoms with E-state index >= 15 is 4.39 Å². The molecule has 27 heavy (non-hydrogen) atoms. The summed E-state index contributed by atoms with van der Waals surface area (Å²) in [6.07, 6.45) is -3.86. The highest BCUT2D eigenvalue weighted by molar-refractivity contribution is 6.18. The maximum atomic E-state index is 15.1. The lowest BCUT2D eigenvalue weighted by Gasteiger charge is -2.30. The van der Waals surface area contributed by atoms with Gasteiger partial charge >= 0.3 is 11.7 Å². The molecule has 0 bridgehead atoms. The quantitative estimate of drug-likeness (QED) is 0.423. The fourth-order valence-electron chi connectivity index (χ4n) is 2.57. The van der Waals surface area contributed by atoms with Gasteiger partial charge in [0.2, 0.25) is 0 Å². The van der Waals surface area contributed by atoms with E-state index in [2.05, 4.69) is 4.98 Å². The molecule has 2 rings (SSSR count). The van der Waals surface area contributed by atoms with Crippen LogP contribution in [0.5, 0.6) is 0 Å². The molecule has 154 valence electrons. The van der Waals surface area contributed by atoms with Crippen LogP contribution in [-0.2, 0) is 14.3 Å². The first-order chi connectivity index (χ1) is 12.2. The minimum Gasteiger partial charge on any atom is -0.455 e. The number of nitrogens with zero attached hydrogens (tertiary/aromatic N) is 2. The zero-order chi connectivity index (χ0) is 19.6. The van der Waals surface area contributed by atoms with Crippen LogP contribution >= 0.6 is 24.0 Å². The van der Waals surface area contributed by atoms with Crippen LogP contribution in [0.4, 0.5) is 10.2 Å². The van der Waals surface area contributed by atoms with E-state index in [1.165, 1.54) is 12.3 Å². The highest BCUT2D eigenvalue weighted by atomic mass is 35.5. The first-order valence-electron chi connectivity index (χ1n) is 7.96. The number of anilines is 1. The van der Waals surface area contributed by atoms with E-state index in [0.717, 1.165) is 4.57 Å².